The predicted molar refractivity (Wildman–Crippen MR) is 138 cm³/mol. The van der Waals surface area contributed by atoms with E-state index in [4.69, 9.17) is 4.74 Å². The van der Waals surface area contributed by atoms with Crippen molar-refractivity contribution in [2.45, 2.75) is 45.4 Å². The van der Waals surface area contributed by atoms with Crippen LogP contribution in [-0.2, 0) is 20.9 Å². The Morgan fingerprint density at radius 3 is 2.22 bits per heavy atom. The van der Waals surface area contributed by atoms with Crippen molar-refractivity contribution in [1.29, 1.82) is 0 Å². The largest absolute Gasteiger partial charge is 0.445 e. The molecule has 186 valence electrons. The highest BCUT2D eigenvalue weighted by atomic mass is 16.6. The van der Waals surface area contributed by atoms with Crippen LogP contribution >= 0.6 is 0 Å². The Bertz CT molecular complexity index is 1190. The van der Waals surface area contributed by atoms with Gasteiger partial charge in [-0.1, -0.05) is 78.9 Å². The Balaban J connectivity index is 1.48. The van der Waals surface area contributed by atoms with Gasteiger partial charge in [0.2, 0.25) is 5.91 Å². The van der Waals surface area contributed by atoms with Crippen molar-refractivity contribution in [1.82, 2.24) is 10.2 Å². The monoisotopic (exact) mass is 485 g/mol. The summed E-state index contributed by atoms with van der Waals surface area (Å²) in [5.41, 5.74) is 4.13. The molecule has 2 atom stereocenters. The van der Waals surface area contributed by atoms with Crippen LogP contribution in [0.4, 0.5) is 10.5 Å². The zero-order valence-corrected chi connectivity index (χ0v) is 20.6. The number of carbonyl (C=O) groups excluding carboxylic acids is 3. The van der Waals surface area contributed by atoms with E-state index in [2.05, 4.69) is 10.6 Å². The van der Waals surface area contributed by atoms with Crippen molar-refractivity contribution in [3.63, 3.8) is 0 Å². The van der Waals surface area contributed by atoms with E-state index in [9.17, 15) is 14.4 Å². The Kier molecular flexibility index (Phi) is 8.00. The lowest BCUT2D eigenvalue weighted by atomic mass is 10.0. The maximum atomic E-state index is 13.4. The number of amides is 3. The molecule has 2 N–H and O–H groups in total. The van der Waals surface area contributed by atoms with Gasteiger partial charge in [0.25, 0.3) is 5.91 Å². The number of para-hydroxylation sites is 1. The first-order valence-electron chi connectivity index (χ1n) is 12.1. The number of anilines is 1. The molecule has 3 aromatic rings. The lowest BCUT2D eigenvalue weighted by Gasteiger charge is -2.26. The molecule has 2 unspecified atom stereocenters. The van der Waals surface area contributed by atoms with Crippen LogP contribution in [0.5, 0.6) is 0 Å². The lowest BCUT2D eigenvalue weighted by Crippen LogP contribution is -2.48. The van der Waals surface area contributed by atoms with Gasteiger partial charge in [-0.15, -0.1) is 0 Å². The maximum Gasteiger partial charge on any atom is 0.410 e. The summed E-state index contributed by atoms with van der Waals surface area (Å²) in [4.78, 5) is 41.0. The quantitative estimate of drug-likeness (QED) is 0.498. The third-order valence-corrected chi connectivity index (χ3v) is 6.41. The molecule has 0 saturated carbocycles. The van der Waals surface area contributed by atoms with E-state index in [1.807, 2.05) is 80.6 Å². The third-order valence-electron chi connectivity index (χ3n) is 6.41. The molecular weight excluding hydrogens is 454 g/mol. The predicted octanol–water partition coefficient (Wildman–Crippen LogP) is 4.90. The summed E-state index contributed by atoms with van der Waals surface area (Å²) in [6.45, 7) is 4.41. The van der Waals surface area contributed by atoms with Crippen molar-refractivity contribution >= 4 is 23.6 Å². The number of benzene rings is 3. The molecule has 3 aromatic carbocycles. The number of nitrogens with zero attached hydrogens (tertiary/aromatic N) is 1. The average molecular weight is 486 g/mol. The van der Waals surface area contributed by atoms with Gasteiger partial charge >= 0.3 is 6.09 Å². The normalized spacial score (nSPS) is 15.7. The van der Waals surface area contributed by atoms with Crippen LogP contribution in [0.3, 0.4) is 0 Å². The minimum absolute atomic E-state index is 0.134. The Morgan fingerprint density at radius 1 is 0.917 bits per heavy atom. The van der Waals surface area contributed by atoms with Crippen LogP contribution < -0.4 is 10.6 Å². The van der Waals surface area contributed by atoms with Crippen LogP contribution in [0.25, 0.3) is 0 Å². The van der Waals surface area contributed by atoms with Crippen molar-refractivity contribution in [3.05, 3.63) is 101 Å². The van der Waals surface area contributed by atoms with E-state index in [1.165, 1.54) is 4.90 Å². The number of ether oxygens (including phenoxy) is 1. The highest BCUT2D eigenvalue weighted by Gasteiger charge is 2.37. The van der Waals surface area contributed by atoms with Gasteiger partial charge in [-0.3, -0.25) is 14.5 Å². The second-order valence-corrected chi connectivity index (χ2v) is 9.00. The highest BCUT2D eigenvalue weighted by Crippen LogP contribution is 2.24. The van der Waals surface area contributed by atoms with Gasteiger partial charge in [-0.05, 0) is 48.9 Å². The second kappa shape index (κ2) is 11.5. The Labute approximate surface area is 211 Å². The molecule has 7 nitrogen and oxygen atoms in total. The van der Waals surface area contributed by atoms with Gasteiger partial charge in [0, 0.05) is 12.2 Å². The molecular formula is C29H31N3O4. The zero-order valence-electron chi connectivity index (χ0n) is 20.6. The van der Waals surface area contributed by atoms with E-state index >= 15 is 0 Å². The van der Waals surface area contributed by atoms with E-state index in [0.29, 0.717) is 24.9 Å². The summed E-state index contributed by atoms with van der Waals surface area (Å²) in [6.07, 6.45) is 0.655. The van der Waals surface area contributed by atoms with Gasteiger partial charge < -0.3 is 15.4 Å². The molecule has 36 heavy (non-hydrogen) atoms. The van der Waals surface area contributed by atoms with Crippen molar-refractivity contribution in [3.8, 4) is 0 Å². The standard InChI is InChI=1S/C29H31N3O4/c1-20-11-9-12-21(2)25(20)30-28(34)26(23-15-7-4-8-16-23)31-27(33)24-17-10-18-32(24)29(35)36-19-22-13-5-3-6-14-22/h3-9,11-16,24,26H,10,17-19H2,1-2H3,(H,30,34)(H,31,33). The van der Waals surface area contributed by atoms with Crippen molar-refractivity contribution in [2.75, 3.05) is 11.9 Å². The number of carbonyl (C=O) groups is 3. The Hall–Kier alpha value is -4.13. The molecule has 4 rings (SSSR count). The molecule has 1 aliphatic heterocycles. The van der Waals surface area contributed by atoms with Crippen LogP contribution in [0, 0.1) is 13.8 Å². The molecule has 7 heteroatoms. The fourth-order valence-electron chi connectivity index (χ4n) is 4.45. The number of aryl methyl sites for hydroxylation is 2. The van der Waals surface area contributed by atoms with Gasteiger partial charge in [0.05, 0.1) is 0 Å². The van der Waals surface area contributed by atoms with E-state index in [1.54, 1.807) is 12.1 Å². The van der Waals surface area contributed by atoms with Crippen LogP contribution in [0.2, 0.25) is 0 Å². The molecule has 0 bridgehead atoms. The second-order valence-electron chi connectivity index (χ2n) is 9.00. The minimum atomic E-state index is -0.916. The molecule has 1 aliphatic rings. The van der Waals surface area contributed by atoms with Crippen LogP contribution in [-0.4, -0.2) is 35.4 Å². The fraction of sp³-hybridized carbons (Fsp3) is 0.276. The summed E-state index contributed by atoms with van der Waals surface area (Å²) in [7, 11) is 0. The van der Waals surface area contributed by atoms with Crippen molar-refractivity contribution < 1.29 is 19.1 Å². The number of hydrogen-bond donors (Lipinski definition) is 2. The summed E-state index contributed by atoms with van der Waals surface area (Å²) < 4.78 is 5.46. The van der Waals surface area contributed by atoms with E-state index in [0.717, 1.165) is 22.4 Å². The third kappa shape index (κ3) is 5.92. The number of likely N-dealkylation sites (tertiary alicyclic amines) is 1. The van der Waals surface area contributed by atoms with Gasteiger partial charge in [-0.25, -0.2) is 4.79 Å². The summed E-state index contributed by atoms with van der Waals surface area (Å²) >= 11 is 0. The molecule has 0 aromatic heterocycles. The lowest BCUT2D eigenvalue weighted by molar-refractivity contribution is -0.129. The molecule has 3 amide bonds. The topological polar surface area (TPSA) is 87.7 Å². The Morgan fingerprint density at radius 2 is 1.56 bits per heavy atom. The average Bonchev–Trinajstić information content (AvgIpc) is 3.39. The van der Waals surface area contributed by atoms with E-state index < -0.39 is 18.2 Å². The summed E-state index contributed by atoms with van der Waals surface area (Å²) in [5.74, 6) is -0.724. The molecule has 0 spiro atoms. The summed E-state index contributed by atoms with van der Waals surface area (Å²) in [6, 6.07) is 22.7. The molecule has 1 saturated heterocycles. The number of rotatable bonds is 7. The van der Waals surface area contributed by atoms with E-state index in [-0.39, 0.29) is 18.4 Å². The maximum absolute atomic E-state index is 13.4. The molecule has 1 heterocycles. The molecule has 1 fully saturated rings. The summed E-state index contributed by atoms with van der Waals surface area (Å²) in [5, 5.41) is 5.88. The molecule has 0 radical (unpaired) electrons. The van der Waals surface area contributed by atoms with Crippen LogP contribution in [0.1, 0.15) is 41.1 Å². The minimum Gasteiger partial charge on any atom is -0.445 e. The number of hydrogen-bond acceptors (Lipinski definition) is 4. The fourth-order valence-corrected chi connectivity index (χ4v) is 4.45. The first-order valence-corrected chi connectivity index (χ1v) is 12.1. The first-order chi connectivity index (χ1) is 17.4. The van der Waals surface area contributed by atoms with Crippen molar-refractivity contribution in [2.24, 2.45) is 0 Å². The smallest absolute Gasteiger partial charge is 0.410 e. The van der Waals surface area contributed by atoms with Gasteiger partial charge in [-0.2, -0.15) is 0 Å². The molecule has 0 aliphatic carbocycles. The first kappa shape index (κ1) is 25.0. The van der Waals surface area contributed by atoms with Crippen LogP contribution in [0.15, 0.2) is 78.9 Å². The van der Waals surface area contributed by atoms with Gasteiger partial charge in [0.1, 0.15) is 18.7 Å². The SMILES string of the molecule is Cc1cccc(C)c1NC(=O)C(NC(=O)C1CCCN1C(=O)OCc1ccccc1)c1ccccc1. The van der Waals surface area contributed by atoms with Gasteiger partial charge in [0.15, 0.2) is 0 Å². The number of nitrogens with one attached hydrogen (secondary N) is 2. The zero-order chi connectivity index (χ0) is 25.5. The highest BCUT2D eigenvalue weighted by molar-refractivity contribution is 5.99.